The quantitative estimate of drug-likeness (QED) is 0.260. The third kappa shape index (κ3) is 5.47. The number of phenols is 1. The number of ether oxygens (including phenoxy) is 1. The van der Waals surface area contributed by atoms with Gasteiger partial charge >= 0.3 is 5.69 Å². The Morgan fingerprint density at radius 2 is 2.16 bits per heavy atom. The van der Waals surface area contributed by atoms with Gasteiger partial charge in [-0.05, 0) is 51.3 Å². The summed E-state index contributed by atoms with van der Waals surface area (Å²) in [6.45, 7) is 0.248. The van der Waals surface area contributed by atoms with Crippen molar-refractivity contribution in [2.75, 3.05) is 7.11 Å². The number of aromatic nitrogens is 2. The molecule has 10 nitrogen and oxygen atoms in total. The number of rotatable bonds is 7. The molecule has 3 rings (SSSR count). The molecule has 0 fully saturated rings. The lowest BCUT2D eigenvalue weighted by atomic mass is 10.2. The standard InChI is InChI=1S/C19H15Br2N5O5/c1-31-16-7-12(6-14(21)18(16)27)8-22-23-19(28)17-15(26(29)30)10-25(24-17)9-11-3-2-4-13(20)5-11/h2-8,10,27H,9H2,1H3,(H,23,28)/b22-8-. The molecule has 1 heterocycles. The maximum Gasteiger partial charge on any atom is 0.320 e. The minimum atomic E-state index is -0.833. The van der Waals surface area contributed by atoms with Gasteiger partial charge < -0.3 is 9.84 Å². The lowest BCUT2D eigenvalue weighted by Crippen LogP contribution is -2.19. The van der Waals surface area contributed by atoms with Crippen LogP contribution in [0.2, 0.25) is 0 Å². The van der Waals surface area contributed by atoms with Crippen molar-refractivity contribution in [3.63, 3.8) is 0 Å². The number of carbonyl (C=O) groups is 1. The molecule has 2 aromatic carbocycles. The summed E-state index contributed by atoms with van der Waals surface area (Å²) in [5.41, 5.74) is 2.79. The van der Waals surface area contributed by atoms with Crippen molar-refractivity contribution in [3.8, 4) is 11.5 Å². The second kappa shape index (κ2) is 9.71. The number of nitrogens with zero attached hydrogens (tertiary/aromatic N) is 4. The van der Waals surface area contributed by atoms with Crippen LogP contribution in [0.5, 0.6) is 11.5 Å². The molecule has 0 aliphatic rings. The van der Waals surface area contributed by atoms with Gasteiger partial charge in [0, 0.05) is 4.47 Å². The topological polar surface area (TPSA) is 132 Å². The zero-order valence-electron chi connectivity index (χ0n) is 16.0. The summed E-state index contributed by atoms with van der Waals surface area (Å²) in [4.78, 5) is 23.1. The summed E-state index contributed by atoms with van der Waals surface area (Å²) >= 11 is 6.55. The first-order valence-corrected chi connectivity index (χ1v) is 10.2. The average molecular weight is 553 g/mol. The maximum absolute atomic E-state index is 12.4. The fourth-order valence-corrected chi connectivity index (χ4v) is 3.56. The zero-order valence-corrected chi connectivity index (χ0v) is 19.1. The fourth-order valence-electron chi connectivity index (χ4n) is 2.65. The van der Waals surface area contributed by atoms with Crippen LogP contribution in [0.15, 0.2) is 56.6 Å². The van der Waals surface area contributed by atoms with Gasteiger partial charge in [-0.1, -0.05) is 28.1 Å². The van der Waals surface area contributed by atoms with Crippen molar-refractivity contribution in [1.82, 2.24) is 15.2 Å². The predicted octanol–water partition coefficient (Wildman–Crippen LogP) is 3.84. The van der Waals surface area contributed by atoms with Crippen LogP contribution in [0.25, 0.3) is 0 Å². The average Bonchev–Trinajstić information content (AvgIpc) is 3.14. The van der Waals surface area contributed by atoms with Gasteiger partial charge in [0.15, 0.2) is 11.5 Å². The van der Waals surface area contributed by atoms with Gasteiger partial charge in [-0.3, -0.25) is 19.6 Å². The Morgan fingerprint density at radius 1 is 1.39 bits per heavy atom. The van der Waals surface area contributed by atoms with E-state index in [9.17, 15) is 20.0 Å². The van der Waals surface area contributed by atoms with Gasteiger partial charge in [-0.25, -0.2) is 5.43 Å². The van der Waals surface area contributed by atoms with Crippen LogP contribution in [0.3, 0.4) is 0 Å². The highest BCUT2D eigenvalue weighted by atomic mass is 79.9. The van der Waals surface area contributed by atoms with Gasteiger partial charge in [-0.2, -0.15) is 10.2 Å². The van der Waals surface area contributed by atoms with Crippen molar-refractivity contribution in [2.24, 2.45) is 5.10 Å². The van der Waals surface area contributed by atoms with Crippen LogP contribution in [-0.4, -0.2) is 39.0 Å². The number of amides is 1. The van der Waals surface area contributed by atoms with E-state index in [0.29, 0.717) is 10.0 Å². The number of aromatic hydroxyl groups is 1. The number of hydrazone groups is 1. The van der Waals surface area contributed by atoms with Gasteiger partial charge in [0.1, 0.15) is 6.20 Å². The number of nitro groups is 1. The Bertz CT molecular complexity index is 1180. The molecule has 0 aliphatic carbocycles. The summed E-state index contributed by atoms with van der Waals surface area (Å²) < 4.78 is 7.60. The predicted molar refractivity (Wildman–Crippen MR) is 120 cm³/mol. The zero-order chi connectivity index (χ0) is 22.5. The number of benzene rings is 2. The normalized spacial score (nSPS) is 10.9. The number of hydrogen-bond donors (Lipinski definition) is 2. The number of phenolic OH excluding ortho intramolecular Hbond substituents is 1. The van der Waals surface area contributed by atoms with E-state index in [4.69, 9.17) is 4.74 Å². The molecule has 3 aromatic rings. The van der Waals surface area contributed by atoms with Crippen molar-refractivity contribution in [1.29, 1.82) is 0 Å². The highest BCUT2D eigenvalue weighted by Gasteiger charge is 2.25. The van der Waals surface area contributed by atoms with Gasteiger partial charge in [-0.15, -0.1) is 0 Å². The lowest BCUT2D eigenvalue weighted by molar-refractivity contribution is -0.385. The van der Waals surface area contributed by atoms with E-state index in [1.807, 2.05) is 24.3 Å². The first-order valence-electron chi connectivity index (χ1n) is 8.64. The highest BCUT2D eigenvalue weighted by Crippen LogP contribution is 2.34. The monoisotopic (exact) mass is 551 g/mol. The number of halogens is 2. The Hall–Kier alpha value is -3.25. The molecule has 0 bridgehead atoms. The number of nitrogens with one attached hydrogen (secondary N) is 1. The molecule has 0 atom stereocenters. The van der Waals surface area contributed by atoms with Crippen molar-refractivity contribution in [3.05, 3.63) is 78.5 Å². The van der Waals surface area contributed by atoms with Crippen LogP contribution < -0.4 is 10.2 Å². The third-order valence-electron chi connectivity index (χ3n) is 4.04. The molecule has 2 N–H and O–H groups in total. The van der Waals surface area contributed by atoms with Crippen molar-refractivity contribution in [2.45, 2.75) is 6.54 Å². The largest absolute Gasteiger partial charge is 0.503 e. The molecular weight excluding hydrogens is 538 g/mol. The number of methoxy groups -OCH3 is 1. The van der Waals surface area contributed by atoms with Crippen molar-refractivity contribution >= 4 is 49.7 Å². The first kappa shape index (κ1) is 22.4. The second-order valence-electron chi connectivity index (χ2n) is 6.20. The van der Waals surface area contributed by atoms with E-state index in [2.05, 4.69) is 47.5 Å². The van der Waals surface area contributed by atoms with E-state index in [1.165, 1.54) is 30.3 Å². The van der Waals surface area contributed by atoms with Crippen molar-refractivity contribution < 1.29 is 19.6 Å². The van der Waals surface area contributed by atoms with Gasteiger partial charge in [0.25, 0.3) is 5.91 Å². The minimum Gasteiger partial charge on any atom is -0.503 e. The SMILES string of the molecule is COc1cc(/C=N\NC(=O)c2nn(Cc3cccc(Br)c3)cc2[N+](=O)[O-])cc(Br)c1O. The molecule has 0 spiro atoms. The minimum absolute atomic E-state index is 0.0738. The van der Waals surface area contributed by atoms with Gasteiger partial charge in [0.05, 0.1) is 29.3 Å². The maximum atomic E-state index is 12.4. The van der Waals surface area contributed by atoms with E-state index < -0.39 is 16.5 Å². The Morgan fingerprint density at radius 3 is 2.84 bits per heavy atom. The van der Waals surface area contributed by atoms with E-state index in [0.717, 1.165) is 10.0 Å². The summed E-state index contributed by atoms with van der Waals surface area (Å²) in [7, 11) is 1.40. The smallest absolute Gasteiger partial charge is 0.320 e. The first-order chi connectivity index (χ1) is 14.8. The van der Waals surface area contributed by atoms with Crippen LogP contribution in [0.4, 0.5) is 5.69 Å². The van der Waals surface area contributed by atoms with Crippen LogP contribution >= 0.6 is 31.9 Å². The molecule has 160 valence electrons. The fraction of sp³-hybridized carbons (Fsp3) is 0.105. The summed E-state index contributed by atoms with van der Waals surface area (Å²) in [6, 6.07) is 10.4. The third-order valence-corrected chi connectivity index (χ3v) is 5.14. The van der Waals surface area contributed by atoms with Gasteiger partial charge in [0.2, 0.25) is 5.69 Å². The number of hydrogen-bond acceptors (Lipinski definition) is 7. The summed E-state index contributed by atoms with van der Waals surface area (Å²) in [5.74, 6) is -0.694. The van der Waals surface area contributed by atoms with Crippen LogP contribution in [0, 0.1) is 10.1 Å². The molecule has 0 saturated heterocycles. The molecule has 1 aromatic heterocycles. The molecule has 0 aliphatic heterocycles. The molecule has 0 saturated carbocycles. The lowest BCUT2D eigenvalue weighted by Gasteiger charge is -2.06. The molecule has 12 heteroatoms. The molecule has 0 radical (unpaired) electrons. The molecular formula is C19H15Br2N5O5. The van der Waals surface area contributed by atoms with E-state index >= 15 is 0 Å². The van der Waals surface area contributed by atoms with E-state index in [1.54, 1.807) is 6.07 Å². The summed E-state index contributed by atoms with van der Waals surface area (Å²) in [6.07, 6.45) is 2.50. The Labute approximate surface area is 192 Å². The number of carbonyl (C=O) groups excluding carboxylic acids is 1. The molecule has 0 unspecified atom stereocenters. The Balaban J connectivity index is 1.78. The summed E-state index contributed by atoms with van der Waals surface area (Å²) in [5, 5.41) is 29.0. The second-order valence-corrected chi connectivity index (χ2v) is 7.97. The molecule has 31 heavy (non-hydrogen) atoms. The van der Waals surface area contributed by atoms with Crippen LogP contribution in [0.1, 0.15) is 21.6 Å². The molecule has 1 amide bonds. The van der Waals surface area contributed by atoms with Crippen LogP contribution in [-0.2, 0) is 6.54 Å². The Kier molecular flexibility index (Phi) is 7.02. The van der Waals surface area contributed by atoms with E-state index in [-0.39, 0.29) is 23.7 Å². The highest BCUT2D eigenvalue weighted by molar-refractivity contribution is 9.10.